The predicted molar refractivity (Wildman–Crippen MR) is 49.9 cm³/mol. The molecule has 0 fully saturated rings. The Morgan fingerprint density at radius 2 is 2.17 bits per heavy atom. The number of thiocarbonyl (C=S) groups is 1. The minimum atomic E-state index is -3.92. The summed E-state index contributed by atoms with van der Waals surface area (Å²) in [5.41, 5.74) is 0. The molecule has 12 heavy (non-hydrogen) atoms. The van der Waals surface area contributed by atoms with Gasteiger partial charge < -0.3 is 4.74 Å². The van der Waals surface area contributed by atoms with E-state index in [0.717, 1.165) is 6.42 Å². The van der Waals surface area contributed by atoms with Crippen LogP contribution in [0.25, 0.3) is 0 Å². The first-order valence-corrected chi connectivity index (χ1v) is 5.58. The van der Waals surface area contributed by atoms with Crippen molar-refractivity contribution in [2.45, 2.75) is 19.8 Å². The first-order chi connectivity index (χ1) is 5.45. The van der Waals surface area contributed by atoms with E-state index in [1.165, 1.54) is 0 Å². The second kappa shape index (κ2) is 5.45. The topological polar surface area (TPSA) is 63.6 Å². The van der Waals surface area contributed by atoms with E-state index < -0.39 is 15.9 Å². The molecule has 0 saturated carbocycles. The molecule has 0 aromatic carbocycles. The lowest BCUT2D eigenvalue weighted by molar-refractivity contribution is 0.323. The zero-order valence-corrected chi connectivity index (χ0v) is 8.45. The third kappa shape index (κ3) is 7.90. The molecule has 0 heterocycles. The van der Waals surface area contributed by atoms with E-state index in [1.54, 1.807) is 0 Å². The molecule has 0 rings (SSSR count). The zero-order chi connectivity index (χ0) is 9.61. The van der Waals surface area contributed by atoms with Crippen molar-refractivity contribution in [2.75, 3.05) is 12.4 Å². The smallest absolute Gasteiger partial charge is 0.268 e. The second-order valence-electron chi connectivity index (χ2n) is 2.26. The molecule has 0 aromatic rings. The van der Waals surface area contributed by atoms with Gasteiger partial charge in [-0.3, -0.25) is 4.55 Å². The quantitative estimate of drug-likeness (QED) is 0.544. The Morgan fingerprint density at radius 3 is 2.58 bits per heavy atom. The molecule has 0 aliphatic carbocycles. The van der Waals surface area contributed by atoms with E-state index in [4.69, 9.17) is 21.5 Å². The van der Waals surface area contributed by atoms with Gasteiger partial charge in [0.05, 0.1) is 0 Å². The lowest BCUT2D eigenvalue weighted by Crippen LogP contribution is -2.13. The maximum Gasteiger partial charge on any atom is 0.268 e. The average Bonchev–Trinajstić information content (AvgIpc) is 1.84. The molecule has 0 bridgehead atoms. The van der Waals surface area contributed by atoms with Crippen LogP contribution in [-0.4, -0.2) is 30.4 Å². The largest absolute Gasteiger partial charge is 0.486 e. The fourth-order valence-electron chi connectivity index (χ4n) is 0.537. The maximum atomic E-state index is 10.2. The molecule has 4 nitrogen and oxygen atoms in total. The van der Waals surface area contributed by atoms with Crippen LogP contribution in [0.3, 0.4) is 0 Å². The van der Waals surface area contributed by atoms with E-state index in [0.29, 0.717) is 11.5 Å². The molecular weight excluding hydrogens is 200 g/mol. The Kier molecular flexibility index (Phi) is 5.36. The molecule has 6 heteroatoms. The molecule has 0 amide bonds. The van der Waals surface area contributed by atoms with Crippen molar-refractivity contribution in [3.05, 3.63) is 0 Å². The van der Waals surface area contributed by atoms with Crippen LogP contribution >= 0.6 is 12.2 Å². The summed E-state index contributed by atoms with van der Waals surface area (Å²) < 4.78 is 33.6. The fourth-order valence-corrected chi connectivity index (χ4v) is 1.12. The third-order valence-electron chi connectivity index (χ3n) is 1.06. The van der Waals surface area contributed by atoms with Gasteiger partial charge in [0, 0.05) is 6.42 Å². The van der Waals surface area contributed by atoms with E-state index in [9.17, 15) is 8.42 Å². The molecule has 0 saturated heterocycles. The monoisotopic (exact) mass is 212 g/mol. The van der Waals surface area contributed by atoms with Crippen LogP contribution < -0.4 is 0 Å². The van der Waals surface area contributed by atoms with Crippen molar-refractivity contribution in [3.8, 4) is 0 Å². The molecule has 0 spiro atoms. The van der Waals surface area contributed by atoms with E-state index >= 15 is 0 Å². The zero-order valence-electron chi connectivity index (χ0n) is 6.82. The third-order valence-corrected chi connectivity index (χ3v) is 2.06. The van der Waals surface area contributed by atoms with Gasteiger partial charge in [-0.15, -0.1) is 0 Å². The van der Waals surface area contributed by atoms with Crippen molar-refractivity contribution < 1.29 is 17.7 Å². The van der Waals surface area contributed by atoms with Gasteiger partial charge in [0.25, 0.3) is 10.1 Å². The van der Waals surface area contributed by atoms with E-state index in [1.807, 2.05) is 6.92 Å². The number of hydrogen-bond donors (Lipinski definition) is 1. The van der Waals surface area contributed by atoms with Crippen molar-refractivity contribution in [1.82, 2.24) is 0 Å². The van der Waals surface area contributed by atoms with E-state index in [2.05, 4.69) is 0 Å². The van der Waals surface area contributed by atoms with Crippen LogP contribution in [-0.2, 0) is 14.9 Å². The Labute approximate surface area is 77.7 Å². The Bertz CT molecular complexity index is 232. The standard InChI is InChI=1S/C6H12O4S2/c1-2-3-6(11)10-4-5-12(7,8)9/h2-5H2,1H3,(H,7,8,9). The molecule has 72 valence electrons. The highest BCUT2D eigenvalue weighted by Gasteiger charge is 2.04. The van der Waals surface area contributed by atoms with Crippen LogP contribution in [0, 0.1) is 0 Å². The summed E-state index contributed by atoms with van der Waals surface area (Å²) in [5.74, 6) is -0.406. The first-order valence-electron chi connectivity index (χ1n) is 3.56. The molecule has 0 aliphatic rings. The summed E-state index contributed by atoms with van der Waals surface area (Å²) in [4.78, 5) is 0. The number of rotatable bonds is 5. The predicted octanol–water partition coefficient (Wildman–Crippen LogP) is 1.02. The second-order valence-corrected chi connectivity index (χ2v) is 4.28. The molecule has 0 atom stereocenters. The summed E-state index contributed by atoms with van der Waals surface area (Å²) in [6.07, 6.45) is 1.51. The molecule has 0 radical (unpaired) electrons. The molecule has 0 unspecified atom stereocenters. The van der Waals surface area contributed by atoms with Crippen molar-refractivity contribution in [1.29, 1.82) is 0 Å². The highest BCUT2D eigenvalue weighted by molar-refractivity contribution is 7.85. The van der Waals surface area contributed by atoms with Gasteiger partial charge in [-0.1, -0.05) is 6.92 Å². The minimum absolute atomic E-state index is 0.0718. The van der Waals surface area contributed by atoms with Crippen molar-refractivity contribution in [2.24, 2.45) is 0 Å². The lowest BCUT2D eigenvalue weighted by atomic mass is 10.4. The van der Waals surface area contributed by atoms with Gasteiger partial charge in [0.1, 0.15) is 12.4 Å². The Hall–Kier alpha value is -0.200. The van der Waals surface area contributed by atoms with Crippen molar-refractivity contribution >= 4 is 27.4 Å². The van der Waals surface area contributed by atoms with Gasteiger partial charge in [-0.2, -0.15) is 8.42 Å². The van der Waals surface area contributed by atoms with Gasteiger partial charge in [0.15, 0.2) is 5.05 Å². The van der Waals surface area contributed by atoms with Crippen LogP contribution in [0.5, 0.6) is 0 Å². The summed E-state index contributed by atoms with van der Waals surface area (Å²) in [6, 6.07) is 0. The average molecular weight is 212 g/mol. The van der Waals surface area contributed by atoms with Crippen LogP contribution in [0.4, 0.5) is 0 Å². The molecule has 0 aliphatic heterocycles. The Balaban J connectivity index is 3.51. The number of hydrogen-bond acceptors (Lipinski definition) is 4. The highest BCUT2D eigenvalue weighted by Crippen LogP contribution is 1.94. The Morgan fingerprint density at radius 1 is 1.58 bits per heavy atom. The fraction of sp³-hybridized carbons (Fsp3) is 0.833. The van der Waals surface area contributed by atoms with E-state index in [-0.39, 0.29) is 6.61 Å². The normalized spacial score (nSPS) is 11.2. The van der Waals surface area contributed by atoms with Gasteiger partial charge in [0.2, 0.25) is 0 Å². The van der Waals surface area contributed by atoms with Crippen LogP contribution in [0.2, 0.25) is 0 Å². The summed E-state index contributed by atoms with van der Waals surface area (Å²) in [5, 5.41) is 0.390. The first kappa shape index (κ1) is 11.8. The van der Waals surface area contributed by atoms with Gasteiger partial charge in [-0.25, -0.2) is 0 Å². The highest BCUT2D eigenvalue weighted by atomic mass is 32.2. The SMILES string of the molecule is CCCC(=S)OCCS(=O)(=O)O. The number of ether oxygens (including phenoxy) is 1. The summed E-state index contributed by atoms with van der Waals surface area (Å²) >= 11 is 4.74. The molecule has 0 aromatic heterocycles. The lowest BCUT2D eigenvalue weighted by Gasteiger charge is -2.03. The minimum Gasteiger partial charge on any atom is -0.486 e. The molecule has 1 N–H and O–H groups in total. The summed E-state index contributed by atoms with van der Waals surface area (Å²) in [6.45, 7) is 1.87. The van der Waals surface area contributed by atoms with Gasteiger partial charge in [-0.05, 0) is 18.6 Å². The van der Waals surface area contributed by atoms with Crippen molar-refractivity contribution in [3.63, 3.8) is 0 Å². The van der Waals surface area contributed by atoms with Crippen LogP contribution in [0.15, 0.2) is 0 Å². The van der Waals surface area contributed by atoms with Crippen LogP contribution in [0.1, 0.15) is 19.8 Å². The maximum absolute atomic E-state index is 10.2. The molecular formula is C6H12O4S2. The van der Waals surface area contributed by atoms with Gasteiger partial charge >= 0.3 is 0 Å². The summed E-state index contributed by atoms with van der Waals surface area (Å²) in [7, 11) is -3.92.